The summed E-state index contributed by atoms with van der Waals surface area (Å²) in [5.74, 6) is -0.887. The zero-order valence-corrected chi connectivity index (χ0v) is 12.6. The van der Waals surface area contributed by atoms with Gasteiger partial charge < -0.3 is 16.4 Å². The summed E-state index contributed by atoms with van der Waals surface area (Å²) in [6.07, 6.45) is 0.895. The van der Waals surface area contributed by atoms with Crippen LogP contribution in [0.1, 0.15) is 23.0 Å². The van der Waals surface area contributed by atoms with Crippen LogP contribution in [0.4, 0.5) is 5.69 Å². The van der Waals surface area contributed by atoms with Gasteiger partial charge in [0.15, 0.2) is 15.8 Å². The van der Waals surface area contributed by atoms with E-state index >= 15 is 0 Å². The van der Waals surface area contributed by atoms with Crippen LogP contribution in [0.15, 0.2) is 15.3 Å². The molecule has 1 aromatic heterocycles. The molecule has 7 nitrogen and oxygen atoms in total. The predicted octanol–water partition coefficient (Wildman–Crippen LogP) is 0.165. The number of fused-ring (bicyclic) bond motifs is 1. The van der Waals surface area contributed by atoms with E-state index in [4.69, 9.17) is 11.5 Å². The molecule has 0 aromatic carbocycles. The van der Waals surface area contributed by atoms with Crippen molar-refractivity contribution in [3.8, 4) is 0 Å². The monoisotopic (exact) mass is 316 g/mol. The molecule has 1 amide bonds. The van der Waals surface area contributed by atoms with Crippen LogP contribution in [-0.2, 0) is 9.84 Å². The Morgan fingerprint density at radius 2 is 2.20 bits per heavy atom. The second-order valence-corrected chi connectivity index (χ2v) is 7.79. The van der Waals surface area contributed by atoms with Crippen LogP contribution in [0, 0.1) is 0 Å². The molecular weight excluding hydrogens is 300 g/mol. The van der Waals surface area contributed by atoms with Gasteiger partial charge in [-0.05, 0) is 12.5 Å². The van der Waals surface area contributed by atoms with Gasteiger partial charge >= 0.3 is 0 Å². The minimum atomic E-state index is -3.32. The maximum Gasteiger partial charge on any atom is 0.290 e. The lowest BCUT2D eigenvalue weighted by Gasteiger charge is -2.28. The van der Waals surface area contributed by atoms with E-state index in [1.165, 1.54) is 0 Å². The molecule has 0 aliphatic carbocycles. The molecule has 20 heavy (non-hydrogen) atoms. The van der Waals surface area contributed by atoms with Crippen molar-refractivity contribution >= 4 is 38.7 Å². The maximum atomic E-state index is 12.1. The second-order valence-electron chi connectivity index (χ2n) is 4.43. The number of rotatable bonds is 3. The lowest BCUT2D eigenvalue weighted by Crippen LogP contribution is -2.34. The number of carbonyl (C=O) groups excluding carboxylic acids is 1. The summed E-state index contributed by atoms with van der Waals surface area (Å²) in [5.41, 5.74) is 10.9. The molecule has 2 heterocycles. The van der Waals surface area contributed by atoms with E-state index in [1.807, 2.05) is 11.8 Å². The average molecular weight is 316 g/mol. The van der Waals surface area contributed by atoms with E-state index in [1.54, 1.807) is 6.07 Å². The fourth-order valence-corrected chi connectivity index (χ4v) is 5.01. The molecule has 0 saturated heterocycles. The Bertz CT molecular complexity index is 659. The molecule has 0 unspecified atom stereocenters. The van der Waals surface area contributed by atoms with Gasteiger partial charge in [-0.25, -0.2) is 8.42 Å². The highest BCUT2D eigenvalue weighted by Gasteiger charge is 2.32. The first kappa shape index (κ1) is 14.8. The number of aliphatic imine (C=N–C) groups is 1. The number of thiophene rings is 1. The summed E-state index contributed by atoms with van der Waals surface area (Å²) in [6, 6.07) is 1.56. The van der Waals surface area contributed by atoms with Crippen LogP contribution in [-0.4, -0.2) is 39.1 Å². The van der Waals surface area contributed by atoms with Crippen LogP contribution in [0.2, 0.25) is 0 Å². The SMILES string of the molecule is CCCN1CCS(=O)(=O)c2sc(C(=O)N=C(N)N)cc21. The summed E-state index contributed by atoms with van der Waals surface area (Å²) in [5, 5.41) is 0. The van der Waals surface area contributed by atoms with E-state index in [0.29, 0.717) is 12.2 Å². The first-order valence-electron chi connectivity index (χ1n) is 6.10. The van der Waals surface area contributed by atoms with E-state index in [-0.39, 0.29) is 20.8 Å². The molecule has 0 saturated carbocycles. The van der Waals surface area contributed by atoms with E-state index in [0.717, 1.165) is 24.3 Å². The molecular formula is C11H16N4O3S2. The van der Waals surface area contributed by atoms with Crippen LogP contribution < -0.4 is 16.4 Å². The Hall–Kier alpha value is -1.61. The zero-order valence-electron chi connectivity index (χ0n) is 11.0. The summed E-state index contributed by atoms with van der Waals surface area (Å²) in [7, 11) is -3.32. The van der Waals surface area contributed by atoms with Crippen molar-refractivity contribution < 1.29 is 13.2 Å². The van der Waals surface area contributed by atoms with E-state index < -0.39 is 15.7 Å². The second kappa shape index (κ2) is 5.41. The molecule has 2 rings (SSSR count). The summed E-state index contributed by atoms with van der Waals surface area (Å²) < 4.78 is 24.4. The fraction of sp³-hybridized carbons (Fsp3) is 0.455. The molecule has 0 fully saturated rings. The molecule has 1 aromatic rings. The van der Waals surface area contributed by atoms with Gasteiger partial charge in [-0.3, -0.25) is 4.79 Å². The third kappa shape index (κ3) is 2.78. The van der Waals surface area contributed by atoms with Gasteiger partial charge in [0.2, 0.25) is 0 Å². The lowest BCUT2D eigenvalue weighted by molar-refractivity contribution is 0.101. The maximum absolute atomic E-state index is 12.1. The topological polar surface area (TPSA) is 119 Å². The molecule has 0 spiro atoms. The Balaban J connectivity index is 2.47. The number of sulfone groups is 1. The first-order valence-corrected chi connectivity index (χ1v) is 8.57. The average Bonchev–Trinajstić information content (AvgIpc) is 2.79. The summed E-state index contributed by atoms with van der Waals surface area (Å²) in [6.45, 7) is 3.20. The summed E-state index contributed by atoms with van der Waals surface area (Å²) in [4.78, 5) is 17.4. The van der Waals surface area contributed by atoms with Gasteiger partial charge in [-0.1, -0.05) is 6.92 Å². The predicted molar refractivity (Wildman–Crippen MR) is 79.0 cm³/mol. The van der Waals surface area contributed by atoms with Gasteiger partial charge in [-0.15, -0.1) is 11.3 Å². The zero-order chi connectivity index (χ0) is 14.9. The highest BCUT2D eigenvalue weighted by atomic mass is 32.2. The molecule has 0 radical (unpaired) electrons. The van der Waals surface area contributed by atoms with Crippen molar-refractivity contribution in [1.82, 2.24) is 0 Å². The number of carbonyl (C=O) groups is 1. The third-order valence-electron chi connectivity index (χ3n) is 2.87. The highest BCUT2D eigenvalue weighted by molar-refractivity contribution is 7.93. The van der Waals surface area contributed by atoms with Crippen LogP contribution in [0.3, 0.4) is 0 Å². The first-order chi connectivity index (χ1) is 9.35. The Kier molecular flexibility index (Phi) is 4.00. The van der Waals surface area contributed by atoms with Gasteiger partial charge in [0.25, 0.3) is 5.91 Å². The number of guanidine groups is 1. The smallest absolute Gasteiger partial charge is 0.290 e. The number of hydrogen-bond acceptors (Lipinski definition) is 5. The van der Waals surface area contributed by atoms with Crippen LogP contribution in [0.25, 0.3) is 0 Å². The van der Waals surface area contributed by atoms with Crippen LogP contribution in [0.5, 0.6) is 0 Å². The van der Waals surface area contributed by atoms with Gasteiger partial charge in [0.05, 0.1) is 16.3 Å². The number of anilines is 1. The van der Waals surface area contributed by atoms with Crippen molar-refractivity contribution in [2.75, 3.05) is 23.7 Å². The number of amides is 1. The van der Waals surface area contributed by atoms with Crippen molar-refractivity contribution in [3.63, 3.8) is 0 Å². The quantitative estimate of drug-likeness (QED) is 0.606. The van der Waals surface area contributed by atoms with Crippen molar-refractivity contribution in [3.05, 3.63) is 10.9 Å². The lowest BCUT2D eigenvalue weighted by atomic mass is 10.3. The fourth-order valence-electron chi connectivity index (χ4n) is 2.03. The van der Waals surface area contributed by atoms with Gasteiger partial charge in [0.1, 0.15) is 4.21 Å². The number of nitrogens with two attached hydrogens (primary N) is 2. The van der Waals surface area contributed by atoms with E-state index in [2.05, 4.69) is 4.99 Å². The Labute approximate surface area is 121 Å². The molecule has 1 aliphatic heterocycles. The molecule has 1 aliphatic rings. The van der Waals surface area contributed by atoms with Gasteiger partial charge in [-0.2, -0.15) is 4.99 Å². The summed E-state index contributed by atoms with van der Waals surface area (Å²) >= 11 is 0.925. The third-order valence-corrected chi connectivity index (χ3v) is 6.28. The normalized spacial score (nSPS) is 16.6. The molecule has 0 bridgehead atoms. The minimum Gasteiger partial charge on any atom is -0.370 e. The van der Waals surface area contributed by atoms with E-state index in [9.17, 15) is 13.2 Å². The largest absolute Gasteiger partial charge is 0.370 e. The molecule has 4 N–H and O–H groups in total. The highest BCUT2D eigenvalue weighted by Crippen LogP contribution is 2.38. The minimum absolute atomic E-state index is 0.0659. The van der Waals surface area contributed by atoms with Gasteiger partial charge in [0, 0.05) is 13.1 Å². The number of nitrogens with zero attached hydrogens (tertiary/aromatic N) is 2. The van der Waals surface area contributed by atoms with Crippen molar-refractivity contribution in [2.45, 2.75) is 17.6 Å². The Morgan fingerprint density at radius 1 is 1.50 bits per heavy atom. The molecule has 9 heteroatoms. The van der Waals surface area contributed by atoms with Crippen molar-refractivity contribution in [2.24, 2.45) is 16.5 Å². The number of hydrogen-bond donors (Lipinski definition) is 2. The van der Waals surface area contributed by atoms with Crippen molar-refractivity contribution in [1.29, 1.82) is 0 Å². The molecule has 0 atom stereocenters. The molecule has 110 valence electrons. The Morgan fingerprint density at radius 3 is 2.80 bits per heavy atom. The standard InChI is InChI=1S/C11H16N4O3S2/c1-2-3-15-4-5-20(17,18)10-7(15)6-8(19-10)9(16)14-11(12)13/h6H,2-5H2,1H3,(H4,12,13,14,16). The van der Waals surface area contributed by atoms with Crippen LogP contribution >= 0.6 is 11.3 Å².